The van der Waals surface area contributed by atoms with Crippen LogP contribution in [0.15, 0.2) is 58.7 Å². The van der Waals surface area contributed by atoms with Crippen LogP contribution in [0, 0.1) is 5.92 Å². The first-order valence-corrected chi connectivity index (χ1v) is 6.89. The molecule has 1 rings (SSSR count). The molecule has 0 saturated carbocycles. The minimum atomic E-state index is 0.608. The Labute approximate surface area is 112 Å². The van der Waals surface area contributed by atoms with Crippen molar-refractivity contribution in [1.29, 1.82) is 0 Å². The smallest absolute Gasteiger partial charge is 0.0196 e. The summed E-state index contributed by atoms with van der Waals surface area (Å²) in [6.45, 7) is 15.0. The molecule has 0 heterocycles. The summed E-state index contributed by atoms with van der Waals surface area (Å²) in [6.07, 6.45) is 11.0. The van der Waals surface area contributed by atoms with Gasteiger partial charge >= 0.3 is 0 Å². The van der Waals surface area contributed by atoms with E-state index in [0.29, 0.717) is 5.92 Å². The standard InChI is InChI=1S/C18H26/c1-7-10-17(14(5)8-2)18-12-9-11-16(13(3)4)15(18)6/h7-8,10-11,13H,2,9,12H2,1,3-6H3/b10-7-,17-14+. The summed E-state index contributed by atoms with van der Waals surface area (Å²) in [7, 11) is 0. The molecule has 0 aliphatic heterocycles. The number of hydrogen-bond donors (Lipinski definition) is 0. The minimum Gasteiger partial charge on any atom is -0.0988 e. The van der Waals surface area contributed by atoms with Gasteiger partial charge in [0.15, 0.2) is 0 Å². The molecule has 0 bridgehead atoms. The molecule has 0 aromatic carbocycles. The Morgan fingerprint density at radius 1 is 1.39 bits per heavy atom. The van der Waals surface area contributed by atoms with E-state index in [9.17, 15) is 0 Å². The quantitative estimate of drug-likeness (QED) is 0.550. The van der Waals surface area contributed by atoms with Crippen molar-refractivity contribution in [1.82, 2.24) is 0 Å². The van der Waals surface area contributed by atoms with Crippen LogP contribution in [-0.2, 0) is 0 Å². The molecular weight excluding hydrogens is 216 g/mol. The van der Waals surface area contributed by atoms with Crippen LogP contribution in [0.3, 0.4) is 0 Å². The Hall–Kier alpha value is -1.30. The molecule has 98 valence electrons. The van der Waals surface area contributed by atoms with Crippen molar-refractivity contribution >= 4 is 0 Å². The zero-order valence-corrected chi connectivity index (χ0v) is 12.5. The third-order valence-corrected chi connectivity index (χ3v) is 3.66. The van der Waals surface area contributed by atoms with E-state index in [1.165, 1.54) is 27.9 Å². The Bertz CT molecular complexity index is 437. The van der Waals surface area contributed by atoms with Crippen molar-refractivity contribution in [2.75, 3.05) is 0 Å². The average Bonchev–Trinajstić information content (AvgIpc) is 2.35. The second-order valence-corrected chi connectivity index (χ2v) is 5.26. The highest BCUT2D eigenvalue weighted by Gasteiger charge is 2.17. The van der Waals surface area contributed by atoms with Crippen LogP contribution >= 0.6 is 0 Å². The van der Waals surface area contributed by atoms with E-state index in [1.54, 1.807) is 0 Å². The molecule has 0 radical (unpaired) electrons. The molecule has 0 saturated heterocycles. The van der Waals surface area contributed by atoms with E-state index in [0.717, 1.165) is 12.8 Å². The maximum absolute atomic E-state index is 3.91. The molecule has 0 aromatic rings. The molecule has 1 aliphatic carbocycles. The van der Waals surface area contributed by atoms with E-state index < -0.39 is 0 Å². The molecule has 0 heteroatoms. The summed E-state index contributed by atoms with van der Waals surface area (Å²) in [6, 6.07) is 0. The maximum atomic E-state index is 3.91. The number of allylic oxidation sites excluding steroid dienone is 9. The molecule has 0 amide bonds. The molecule has 1 aliphatic rings. The van der Waals surface area contributed by atoms with Gasteiger partial charge in [-0.25, -0.2) is 0 Å². The highest BCUT2D eigenvalue weighted by Crippen LogP contribution is 2.35. The van der Waals surface area contributed by atoms with Crippen molar-refractivity contribution in [3.05, 3.63) is 58.7 Å². The van der Waals surface area contributed by atoms with Crippen molar-refractivity contribution in [3.63, 3.8) is 0 Å². The Kier molecular flexibility index (Phi) is 5.40. The lowest BCUT2D eigenvalue weighted by Gasteiger charge is -2.23. The summed E-state index contributed by atoms with van der Waals surface area (Å²) in [4.78, 5) is 0. The van der Waals surface area contributed by atoms with E-state index in [4.69, 9.17) is 0 Å². The molecule has 0 nitrogen and oxygen atoms in total. The maximum Gasteiger partial charge on any atom is -0.0196 e. The lowest BCUT2D eigenvalue weighted by molar-refractivity contribution is 0.748. The first kappa shape index (κ1) is 14.8. The Morgan fingerprint density at radius 2 is 2.06 bits per heavy atom. The molecular formula is C18H26. The Morgan fingerprint density at radius 3 is 2.56 bits per heavy atom. The van der Waals surface area contributed by atoms with Crippen LogP contribution in [0.1, 0.15) is 47.5 Å². The summed E-state index contributed by atoms with van der Waals surface area (Å²) in [5.74, 6) is 0.608. The van der Waals surface area contributed by atoms with Crippen molar-refractivity contribution < 1.29 is 0 Å². The second-order valence-electron chi connectivity index (χ2n) is 5.26. The normalized spacial score (nSPS) is 18.2. The summed E-state index contributed by atoms with van der Waals surface area (Å²) in [5.41, 5.74) is 7.10. The fraction of sp³-hybridized carbons (Fsp3) is 0.444. The van der Waals surface area contributed by atoms with Gasteiger partial charge in [0.05, 0.1) is 0 Å². The average molecular weight is 242 g/mol. The molecule has 18 heavy (non-hydrogen) atoms. The second kappa shape index (κ2) is 6.58. The van der Waals surface area contributed by atoms with Gasteiger partial charge in [0.2, 0.25) is 0 Å². The molecule has 0 aromatic heterocycles. The lowest BCUT2D eigenvalue weighted by atomic mass is 9.82. The van der Waals surface area contributed by atoms with Crippen LogP contribution in [0.25, 0.3) is 0 Å². The Balaban J connectivity index is 3.33. The lowest BCUT2D eigenvalue weighted by Crippen LogP contribution is -2.06. The third-order valence-electron chi connectivity index (χ3n) is 3.66. The van der Waals surface area contributed by atoms with Gasteiger partial charge in [0.1, 0.15) is 0 Å². The van der Waals surface area contributed by atoms with Gasteiger partial charge in [0.25, 0.3) is 0 Å². The van der Waals surface area contributed by atoms with Crippen molar-refractivity contribution in [3.8, 4) is 0 Å². The molecule has 0 fully saturated rings. The largest absolute Gasteiger partial charge is 0.0988 e. The molecule has 0 unspecified atom stereocenters. The first-order chi connectivity index (χ1) is 8.52. The highest BCUT2D eigenvalue weighted by molar-refractivity contribution is 5.54. The summed E-state index contributed by atoms with van der Waals surface area (Å²) < 4.78 is 0. The zero-order valence-electron chi connectivity index (χ0n) is 12.5. The van der Waals surface area contributed by atoms with E-state index >= 15 is 0 Å². The van der Waals surface area contributed by atoms with Gasteiger partial charge in [-0.15, -0.1) is 0 Å². The summed E-state index contributed by atoms with van der Waals surface area (Å²) >= 11 is 0. The van der Waals surface area contributed by atoms with Gasteiger partial charge in [-0.05, 0) is 67.4 Å². The molecule has 0 N–H and O–H groups in total. The predicted octanol–water partition coefficient (Wildman–Crippen LogP) is 5.76. The zero-order chi connectivity index (χ0) is 13.7. The fourth-order valence-corrected chi connectivity index (χ4v) is 2.64. The van der Waals surface area contributed by atoms with Crippen LogP contribution in [0.2, 0.25) is 0 Å². The predicted molar refractivity (Wildman–Crippen MR) is 82.6 cm³/mol. The van der Waals surface area contributed by atoms with Gasteiger partial charge in [0, 0.05) is 0 Å². The van der Waals surface area contributed by atoms with Crippen LogP contribution in [0.5, 0.6) is 0 Å². The van der Waals surface area contributed by atoms with E-state index in [1.807, 2.05) is 6.08 Å². The number of rotatable bonds is 4. The van der Waals surface area contributed by atoms with Crippen LogP contribution < -0.4 is 0 Å². The van der Waals surface area contributed by atoms with Crippen LogP contribution in [-0.4, -0.2) is 0 Å². The highest BCUT2D eigenvalue weighted by atomic mass is 14.2. The third kappa shape index (κ3) is 3.13. The monoisotopic (exact) mass is 242 g/mol. The molecule has 0 spiro atoms. The van der Waals surface area contributed by atoms with Crippen molar-refractivity contribution in [2.24, 2.45) is 5.92 Å². The van der Waals surface area contributed by atoms with Crippen LogP contribution in [0.4, 0.5) is 0 Å². The summed E-state index contributed by atoms with van der Waals surface area (Å²) in [5, 5.41) is 0. The first-order valence-electron chi connectivity index (χ1n) is 6.89. The van der Waals surface area contributed by atoms with Gasteiger partial charge in [-0.1, -0.05) is 44.7 Å². The SMILES string of the molecule is C=C/C(C)=C(\C=C/C)C1=C(C)C(C(C)C)=CCC1. The number of hydrogen-bond acceptors (Lipinski definition) is 0. The van der Waals surface area contributed by atoms with Crippen molar-refractivity contribution in [2.45, 2.75) is 47.5 Å². The van der Waals surface area contributed by atoms with E-state index in [-0.39, 0.29) is 0 Å². The minimum absolute atomic E-state index is 0.608. The fourth-order valence-electron chi connectivity index (χ4n) is 2.64. The van der Waals surface area contributed by atoms with Gasteiger partial charge in [-0.2, -0.15) is 0 Å². The van der Waals surface area contributed by atoms with Gasteiger partial charge in [-0.3, -0.25) is 0 Å². The van der Waals surface area contributed by atoms with E-state index in [2.05, 4.69) is 59.4 Å². The topological polar surface area (TPSA) is 0 Å². The molecule has 0 atom stereocenters. The van der Waals surface area contributed by atoms with Gasteiger partial charge < -0.3 is 0 Å².